The average molecular weight is 1730 g/mol. The van der Waals surface area contributed by atoms with E-state index in [0.29, 0.717) is 153 Å². The van der Waals surface area contributed by atoms with Crippen LogP contribution in [0.5, 0.6) is 0 Å². The lowest BCUT2D eigenvalue weighted by molar-refractivity contribution is -0.137. The van der Waals surface area contributed by atoms with Crippen molar-refractivity contribution in [2.45, 2.75) is 6.18 Å². The summed E-state index contributed by atoms with van der Waals surface area (Å²) < 4.78 is 54.4. The van der Waals surface area contributed by atoms with Gasteiger partial charge >= 0.3 is 6.18 Å². The summed E-state index contributed by atoms with van der Waals surface area (Å²) in [5, 5.41) is 13.3. The van der Waals surface area contributed by atoms with E-state index in [-0.39, 0.29) is 23.0 Å². The van der Waals surface area contributed by atoms with E-state index < -0.39 is 11.7 Å². The minimum absolute atomic E-state index is 0.0424. The Balaban J connectivity index is 0.735. The third-order valence-corrected chi connectivity index (χ3v) is 23.7. The molecule has 0 atom stereocenters. The number of halogens is 3. The van der Waals surface area contributed by atoms with Gasteiger partial charge in [-0.2, -0.15) is 18.4 Å². The predicted molar refractivity (Wildman–Crippen MR) is 519 cm³/mol. The fourth-order valence-corrected chi connectivity index (χ4v) is 17.2. The maximum atomic E-state index is 16.8. The van der Waals surface area contributed by atoms with Crippen LogP contribution in [0.4, 0.5) is 13.2 Å². The fourth-order valence-electron chi connectivity index (χ4n) is 17.2. The second kappa shape index (κ2) is 33.9. The van der Waals surface area contributed by atoms with Crippen LogP contribution >= 0.6 is 0 Å². The normalized spacial score (nSPS) is 11.5. The van der Waals surface area contributed by atoms with E-state index in [1.165, 1.54) is 12.1 Å². The smallest absolute Gasteiger partial charge is 0.309 e. The van der Waals surface area contributed by atoms with Crippen molar-refractivity contribution >= 4 is 43.6 Å². The minimum atomic E-state index is -4.97. The van der Waals surface area contributed by atoms with E-state index in [0.717, 1.165) is 72.4 Å². The van der Waals surface area contributed by atoms with E-state index in [1.807, 2.05) is 369 Å². The molecule has 23 aromatic rings. The van der Waals surface area contributed by atoms with Crippen LogP contribution in [-0.2, 0) is 6.18 Å². The molecule has 21 heteroatoms. The molecule has 0 saturated carbocycles. The Hall–Kier alpha value is -18.6. The zero-order valence-corrected chi connectivity index (χ0v) is 70.9. The number of alkyl halides is 3. The van der Waals surface area contributed by atoms with E-state index in [4.69, 9.17) is 74.8 Å². The second-order valence-electron chi connectivity index (χ2n) is 32.1. The molecule has 0 aliphatic rings. The summed E-state index contributed by atoms with van der Waals surface area (Å²) in [5.41, 5.74) is 14.0. The summed E-state index contributed by atoms with van der Waals surface area (Å²) in [6, 6.07) is 131. The van der Waals surface area contributed by atoms with Crippen molar-refractivity contribution in [3.05, 3.63) is 418 Å². The maximum Gasteiger partial charge on any atom is 0.417 e. The molecule has 18 nitrogen and oxygen atoms in total. The number of hydrogen-bond donors (Lipinski definition) is 0. The molecule has 0 aliphatic heterocycles. The van der Waals surface area contributed by atoms with Crippen molar-refractivity contribution in [3.63, 3.8) is 0 Å². The summed E-state index contributed by atoms with van der Waals surface area (Å²) >= 11 is 0. The van der Waals surface area contributed by atoms with E-state index in [9.17, 15) is 5.26 Å². The third kappa shape index (κ3) is 15.4. The van der Waals surface area contributed by atoms with Crippen LogP contribution in [0.25, 0.3) is 237 Å². The number of nitriles is 1. The van der Waals surface area contributed by atoms with Crippen molar-refractivity contribution < 1.29 is 13.2 Å². The first kappa shape index (κ1) is 80.0. The monoisotopic (exact) mass is 1730 g/mol. The maximum absolute atomic E-state index is 16.8. The molecular formula is C113H67F3N18. The summed E-state index contributed by atoms with van der Waals surface area (Å²) in [6.45, 7) is 0. The molecule has 7 aromatic heterocycles. The zero-order valence-electron chi connectivity index (χ0n) is 70.9. The molecule has 0 fully saturated rings. The average Bonchev–Trinajstić information content (AvgIpc) is 1.57. The largest absolute Gasteiger partial charge is 0.417 e. The Morgan fingerprint density at radius 1 is 0.187 bits per heavy atom. The molecule has 0 amide bonds. The van der Waals surface area contributed by atoms with Crippen LogP contribution in [0.2, 0.25) is 0 Å². The predicted octanol–water partition coefficient (Wildman–Crippen LogP) is 26.4. The highest BCUT2D eigenvalue weighted by atomic mass is 19.4. The van der Waals surface area contributed by atoms with Gasteiger partial charge in [-0.05, 0) is 126 Å². The number of nitrogens with zero attached hydrogens (tertiary/aromatic N) is 18. The summed E-state index contributed by atoms with van der Waals surface area (Å²) in [7, 11) is 0. The number of rotatable bonds is 18. The minimum Gasteiger partial charge on any atom is -0.309 e. The molecule has 0 unspecified atom stereocenters. The van der Waals surface area contributed by atoms with E-state index in [2.05, 4.69) is 22.8 Å². The molecule has 0 aliphatic carbocycles. The highest BCUT2D eigenvalue weighted by Crippen LogP contribution is 2.46. The number of hydrogen-bond acceptors (Lipinski definition) is 16. The standard InChI is InChI=1S/C113H67F3N18/c114-113(115,116)93-57-55-85(134-96-60-52-82(109-126-102(75-36-18-5-19-37-75)120-103(127-109)76-38-20-6-21-39-76)64-89(96)90-65-83(53-61-97(90)134)110-128-104(77-40-22-7-23-41-77)121-105(129-110)78-42-24-8-25-43-78)67-92(93)112-131-106(79-44-26-9-27-45-79)130-111(132-112)91-66-84(54-56-86(91)70-48-46-69(68-117)47-49-70)133-94-58-50-80(107-122-98(71-28-10-1-11-29-71)118-99(123-107)72-30-12-2-13-31-72)62-87(94)88-63-81(51-59-95(88)133)108-124-100(73-32-14-3-15-33-73)119-101(125-108)74-34-16-4-17-35-74/h1-67H. The molecule has 630 valence electrons. The van der Waals surface area contributed by atoms with E-state index in [1.54, 1.807) is 12.1 Å². The lowest BCUT2D eigenvalue weighted by Gasteiger charge is -2.18. The first-order valence-electron chi connectivity index (χ1n) is 43.3. The topological polar surface area (TPSA) is 227 Å². The van der Waals surface area contributed by atoms with Gasteiger partial charge in [-0.25, -0.2) is 74.8 Å². The number of fused-ring (bicyclic) bond motifs is 6. The van der Waals surface area contributed by atoms with Crippen LogP contribution in [0.3, 0.4) is 0 Å². The fraction of sp³-hybridized carbons (Fsp3) is 0.00885. The summed E-state index contributed by atoms with van der Waals surface area (Å²) in [6.07, 6.45) is -4.97. The number of aromatic nitrogens is 17. The number of benzene rings is 16. The van der Waals surface area contributed by atoms with Gasteiger partial charge in [0, 0.05) is 116 Å². The van der Waals surface area contributed by atoms with Gasteiger partial charge in [-0.1, -0.05) is 291 Å². The van der Waals surface area contributed by atoms with Gasteiger partial charge in [0.15, 0.2) is 87.4 Å². The Labute approximate surface area is 764 Å². The highest BCUT2D eigenvalue weighted by molar-refractivity contribution is 6.13. The molecule has 134 heavy (non-hydrogen) atoms. The SMILES string of the molecule is N#Cc1ccc(-c2ccc(-n3c4ccc(-c5nc(-c6ccccc6)nc(-c6ccccc6)n5)cc4c4cc(-c5nc(-c6ccccc6)nc(-c6ccccc6)n5)ccc43)cc2-c2nc(-c3ccccc3)nc(-c3cc(-n4c5ccc(-c6nc(-c7ccccc7)nc(-c7ccccc7)n6)cc5c5cc(-c6nc(-c7ccccc7)nc(-c7ccccc7)n6)ccc54)ccc3C(F)(F)F)n2)cc1. The molecule has 0 radical (unpaired) electrons. The van der Waals surface area contributed by atoms with Gasteiger partial charge in [0.2, 0.25) is 0 Å². The van der Waals surface area contributed by atoms with Gasteiger partial charge < -0.3 is 9.13 Å². The molecule has 0 N–H and O–H groups in total. The van der Waals surface area contributed by atoms with Crippen molar-refractivity contribution in [2.24, 2.45) is 0 Å². The Kier molecular flexibility index (Phi) is 20.3. The van der Waals surface area contributed by atoms with Crippen molar-refractivity contribution in [1.29, 1.82) is 5.26 Å². The Morgan fingerprint density at radius 2 is 0.396 bits per heavy atom. The Bertz CT molecular complexity index is 7910. The van der Waals surface area contributed by atoms with Crippen LogP contribution < -0.4 is 0 Å². The van der Waals surface area contributed by atoms with Gasteiger partial charge in [0.1, 0.15) is 0 Å². The first-order chi connectivity index (χ1) is 65.9. The zero-order chi connectivity index (χ0) is 89.7. The van der Waals surface area contributed by atoms with Gasteiger partial charge in [-0.3, -0.25) is 0 Å². The quantitative estimate of drug-likeness (QED) is 0.0778. The Morgan fingerprint density at radius 3 is 0.642 bits per heavy atom. The second-order valence-corrected chi connectivity index (χ2v) is 32.1. The first-order valence-corrected chi connectivity index (χ1v) is 43.3. The van der Waals surface area contributed by atoms with Crippen LogP contribution in [0.1, 0.15) is 11.1 Å². The van der Waals surface area contributed by atoms with Gasteiger partial charge in [-0.15, -0.1) is 0 Å². The van der Waals surface area contributed by atoms with Crippen molar-refractivity contribution in [2.75, 3.05) is 0 Å². The molecule has 7 heterocycles. The summed E-state index contributed by atoms with van der Waals surface area (Å²) in [5.74, 6) is 5.29. The molecule has 0 spiro atoms. The lowest BCUT2D eigenvalue weighted by atomic mass is 9.97. The van der Waals surface area contributed by atoms with Crippen molar-refractivity contribution in [1.82, 2.24) is 83.9 Å². The van der Waals surface area contributed by atoms with Crippen LogP contribution in [-0.4, -0.2) is 83.9 Å². The summed E-state index contributed by atoms with van der Waals surface area (Å²) in [4.78, 5) is 77.4. The third-order valence-electron chi connectivity index (χ3n) is 23.7. The van der Waals surface area contributed by atoms with E-state index >= 15 is 13.2 Å². The molecular weight excluding hydrogens is 1670 g/mol. The molecule has 23 rings (SSSR count). The molecule has 16 aromatic carbocycles. The van der Waals surface area contributed by atoms with Crippen molar-refractivity contribution in [3.8, 4) is 199 Å². The van der Waals surface area contributed by atoms with Gasteiger partial charge in [0.25, 0.3) is 0 Å². The lowest BCUT2D eigenvalue weighted by Crippen LogP contribution is -2.10. The molecule has 0 bridgehead atoms. The highest BCUT2D eigenvalue weighted by Gasteiger charge is 2.36. The van der Waals surface area contributed by atoms with Crippen LogP contribution in [0, 0.1) is 11.3 Å². The van der Waals surface area contributed by atoms with Crippen LogP contribution in [0.15, 0.2) is 406 Å². The van der Waals surface area contributed by atoms with Gasteiger partial charge in [0.05, 0.1) is 39.3 Å². The molecule has 0 saturated heterocycles.